The molecule has 2 nitrogen and oxygen atoms in total. The van der Waals surface area contributed by atoms with Crippen molar-refractivity contribution < 1.29 is 4.39 Å². The zero-order chi connectivity index (χ0) is 13.8. The molecule has 1 fully saturated rings. The van der Waals surface area contributed by atoms with Gasteiger partial charge < -0.3 is 5.32 Å². The first-order chi connectivity index (χ1) is 9.08. The van der Waals surface area contributed by atoms with Gasteiger partial charge in [-0.05, 0) is 30.0 Å². The Hall–Kier alpha value is -0.0600. The zero-order valence-electron chi connectivity index (χ0n) is 12.4. The first-order valence-electron chi connectivity index (χ1n) is 6.97. The van der Waals surface area contributed by atoms with Gasteiger partial charge in [0.15, 0.2) is 0 Å². The molecule has 1 N–H and O–H groups in total. The van der Waals surface area contributed by atoms with Gasteiger partial charge in [-0.15, -0.1) is 24.8 Å². The fourth-order valence-corrected chi connectivity index (χ4v) is 2.77. The van der Waals surface area contributed by atoms with Crippen LogP contribution in [-0.4, -0.2) is 31.1 Å². The monoisotopic (exact) mass is 356 g/mol. The van der Waals surface area contributed by atoms with Crippen molar-refractivity contribution in [3.63, 3.8) is 0 Å². The molecular formula is C15H24Cl3FN2. The van der Waals surface area contributed by atoms with Crippen LogP contribution in [0.1, 0.15) is 31.9 Å². The molecule has 0 unspecified atom stereocenters. The Balaban J connectivity index is 0.00000200. The first kappa shape index (κ1) is 20.9. The highest BCUT2D eigenvalue weighted by Gasteiger charge is 2.23. The number of benzene rings is 1. The Bertz CT molecular complexity index is 423. The van der Waals surface area contributed by atoms with Crippen LogP contribution in [0.2, 0.25) is 5.02 Å². The summed E-state index contributed by atoms with van der Waals surface area (Å²) in [6.07, 6.45) is 1.04. The summed E-state index contributed by atoms with van der Waals surface area (Å²) in [5.41, 5.74) is 1.04. The Labute approximate surface area is 144 Å². The van der Waals surface area contributed by atoms with Gasteiger partial charge in [-0.1, -0.05) is 31.5 Å². The van der Waals surface area contributed by atoms with E-state index < -0.39 is 0 Å². The summed E-state index contributed by atoms with van der Waals surface area (Å²) in [6, 6.07) is 5.51. The molecule has 0 saturated carbocycles. The second-order valence-electron chi connectivity index (χ2n) is 5.60. The fraction of sp³-hybridized carbons (Fsp3) is 0.600. The predicted octanol–water partition coefficient (Wildman–Crippen LogP) is 4.32. The van der Waals surface area contributed by atoms with E-state index in [9.17, 15) is 4.39 Å². The van der Waals surface area contributed by atoms with Gasteiger partial charge >= 0.3 is 0 Å². The van der Waals surface area contributed by atoms with E-state index in [1.54, 1.807) is 12.1 Å². The molecule has 1 aliphatic rings. The fourth-order valence-electron chi connectivity index (χ4n) is 2.66. The van der Waals surface area contributed by atoms with Crippen molar-refractivity contribution in [1.82, 2.24) is 10.2 Å². The van der Waals surface area contributed by atoms with Crippen LogP contribution >= 0.6 is 36.4 Å². The lowest BCUT2D eigenvalue weighted by molar-refractivity contribution is 0.154. The molecule has 1 heterocycles. The molecule has 0 aliphatic carbocycles. The maximum atomic E-state index is 13.7. The summed E-state index contributed by atoms with van der Waals surface area (Å²) in [5.74, 6) is 0.265. The van der Waals surface area contributed by atoms with E-state index in [4.69, 9.17) is 11.6 Å². The van der Waals surface area contributed by atoms with E-state index in [0.717, 1.165) is 38.2 Å². The summed E-state index contributed by atoms with van der Waals surface area (Å²) in [5, 5.41) is 3.56. The highest BCUT2D eigenvalue weighted by molar-refractivity contribution is 6.30. The van der Waals surface area contributed by atoms with Gasteiger partial charge in [-0.3, -0.25) is 4.90 Å². The van der Waals surface area contributed by atoms with Crippen LogP contribution in [0.4, 0.5) is 4.39 Å². The third-order valence-corrected chi connectivity index (χ3v) is 3.92. The largest absolute Gasteiger partial charge is 0.314 e. The minimum atomic E-state index is -0.317. The zero-order valence-corrected chi connectivity index (χ0v) is 14.8. The second kappa shape index (κ2) is 9.86. The molecular weight excluding hydrogens is 334 g/mol. The van der Waals surface area contributed by atoms with E-state index in [1.807, 2.05) is 6.07 Å². The van der Waals surface area contributed by atoms with Crippen molar-refractivity contribution in [2.45, 2.75) is 26.3 Å². The molecule has 0 radical (unpaired) electrons. The van der Waals surface area contributed by atoms with Crippen LogP contribution in [0.3, 0.4) is 0 Å². The van der Waals surface area contributed by atoms with Crippen molar-refractivity contribution in [1.29, 1.82) is 0 Å². The van der Waals surface area contributed by atoms with E-state index in [-0.39, 0.29) is 41.7 Å². The normalized spacial score (nSPS) is 17.0. The Kier molecular flexibility index (Phi) is 9.83. The van der Waals surface area contributed by atoms with Crippen molar-refractivity contribution in [3.8, 4) is 0 Å². The standard InChI is InChI=1S/C15H22ClFN2.2ClH/c1-11(2)9-15(19-7-5-18-6-8-19)12-3-4-13(16)14(17)10-12;;/h3-4,10-11,15,18H,5-9H2,1-2H3;2*1H/t15-;;/m0../s1. The minimum absolute atomic E-state index is 0. The molecule has 1 atom stereocenters. The van der Waals surface area contributed by atoms with E-state index >= 15 is 0 Å². The van der Waals surface area contributed by atoms with Crippen molar-refractivity contribution in [2.75, 3.05) is 26.2 Å². The average Bonchev–Trinajstić information content (AvgIpc) is 2.40. The lowest BCUT2D eigenvalue weighted by Gasteiger charge is -2.36. The number of hydrogen-bond donors (Lipinski definition) is 1. The van der Waals surface area contributed by atoms with Crippen LogP contribution in [0.5, 0.6) is 0 Å². The molecule has 21 heavy (non-hydrogen) atoms. The quantitative estimate of drug-likeness (QED) is 0.863. The third kappa shape index (κ3) is 5.91. The van der Waals surface area contributed by atoms with Gasteiger partial charge in [-0.2, -0.15) is 0 Å². The number of rotatable bonds is 4. The summed E-state index contributed by atoms with van der Waals surface area (Å²) in [7, 11) is 0. The average molecular weight is 358 g/mol. The summed E-state index contributed by atoms with van der Waals surface area (Å²) < 4.78 is 13.7. The lowest BCUT2D eigenvalue weighted by atomic mass is 9.95. The first-order valence-corrected chi connectivity index (χ1v) is 7.35. The SMILES string of the molecule is CC(C)C[C@@H](c1ccc(Cl)c(F)c1)N1CCNCC1.Cl.Cl. The molecule has 0 aromatic heterocycles. The molecule has 0 bridgehead atoms. The molecule has 122 valence electrons. The van der Waals surface area contributed by atoms with Crippen molar-refractivity contribution in [3.05, 3.63) is 34.6 Å². The Morgan fingerprint density at radius 3 is 2.38 bits per heavy atom. The Morgan fingerprint density at radius 2 is 1.86 bits per heavy atom. The van der Waals surface area contributed by atoms with Crippen molar-refractivity contribution in [2.24, 2.45) is 5.92 Å². The van der Waals surface area contributed by atoms with Gasteiger partial charge in [-0.25, -0.2) is 4.39 Å². The van der Waals surface area contributed by atoms with Crippen LogP contribution in [0, 0.1) is 11.7 Å². The summed E-state index contributed by atoms with van der Waals surface area (Å²) in [6.45, 7) is 8.46. The summed E-state index contributed by atoms with van der Waals surface area (Å²) >= 11 is 5.78. The van der Waals surface area contributed by atoms with Crippen LogP contribution in [0.15, 0.2) is 18.2 Å². The van der Waals surface area contributed by atoms with Crippen LogP contribution in [0.25, 0.3) is 0 Å². The van der Waals surface area contributed by atoms with Gasteiger partial charge in [0, 0.05) is 32.2 Å². The topological polar surface area (TPSA) is 15.3 Å². The second-order valence-corrected chi connectivity index (χ2v) is 6.01. The lowest BCUT2D eigenvalue weighted by Crippen LogP contribution is -2.45. The number of hydrogen-bond acceptors (Lipinski definition) is 2. The Morgan fingerprint density at radius 1 is 1.24 bits per heavy atom. The molecule has 1 aromatic carbocycles. The van der Waals surface area contributed by atoms with E-state index in [0.29, 0.717) is 5.92 Å². The van der Waals surface area contributed by atoms with Crippen molar-refractivity contribution >= 4 is 36.4 Å². The van der Waals surface area contributed by atoms with Gasteiger partial charge in [0.1, 0.15) is 5.82 Å². The molecule has 2 rings (SSSR count). The molecule has 0 amide bonds. The van der Waals surface area contributed by atoms with Crippen LogP contribution in [-0.2, 0) is 0 Å². The number of halogens is 4. The number of piperazine rings is 1. The van der Waals surface area contributed by atoms with Gasteiger partial charge in [0.05, 0.1) is 5.02 Å². The molecule has 1 saturated heterocycles. The smallest absolute Gasteiger partial charge is 0.142 e. The minimum Gasteiger partial charge on any atom is -0.314 e. The van der Waals surface area contributed by atoms with Gasteiger partial charge in [0.25, 0.3) is 0 Å². The molecule has 0 spiro atoms. The highest BCUT2D eigenvalue weighted by Crippen LogP contribution is 2.30. The maximum Gasteiger partial charge on any atom is 0.142 e. The summed E-state index contributed by atoms with van der Waals surface area (Å²) in [4.78, 5) is 2.44. The predicted molar refractivity (Wildman–Crippen MR) is 92.5 cm³/mol. The molecule has 1 aromatic rings. The number of nitrogens with one attached hydrogen (secondary N) is 1. The van der Waals surface area contributed by atoms with Crippen LogP contribution < -0.4 is 5.32 Å². The number of nitrogens with zero attached hydrogens (tertiary/aromatic N) is 1. The molecule has 1 aliphatic heterocycles. The van der Waals surface area contributed by atoms with E-state index in [2.05, 4.69) is 24.1 Å². The maximum absolute atomic E-state index is 13.7. The third-order valence-electron chi connectivity index (χ3n) is 3.62. The van der Waals surface area contributed by atoms with Gasteiger partial charge in [0.2, 0.25) is 0 Å². The highest BCUT2D eigenvalue weighted by atomic mass is 35.5. The van der Waals surface area contributed by atoms with E-state index in [1.165, 1.54) is 0 Å². The molecule has 6 heteroatoms.